The summed E-state index contributed by atoms with van der Waals surface area (Å²) >= 11 is 0. The fraction of sp³-hybridized carbons (Fsp3) is 0.286. The van der Waals surface area contributed by atoms with Crippen LogP contribution in [-0.2, 0) is 10.0 Å². The smallest absolute Gasteiger partial charge is 0.264 e. The molecule has 10 heteroatoms. The molecule has 4 rings (SSSR count). The third kappa shape index (κ3) is 5.02. The second-order valence-corrected chi connectivity index (χ2v) is 9.13. The van der Waals surface area contributed by atoms with Crippen molar-refractivity contribution in [2.24, 2.45) is 5.92 Å². The number of amides is 1. The lowest BCUT2D eigenvalue weighted by Crippen LogP contribution is -2.14. The summed E-state index contributed by atoms with van der Waals surface area (Å²) in [5, 5.41) is 6.47. The third-order valence-electron chi connectivity index (χ3n) is 4.97. The van der Waals surface area contributed by atoms with Crippen LogP contribution in [0.15, 0.2) is 52.0 Å². The Morgan fingerprint density at radius 3 is 2.58 bits per heavy atom. The molecule has 2 aromatic heterocycles. The number of benzene rings is 1. The van der Waals surface area contributed by atoms with Crippen LogP contribution in [0, 0.1) is 19.8 Å². The highest BCUT2D eigenvalue weighted by atomic mass is 32.2. The van der Waals surface area contributed by atoms with E-state index in [0.717, 1.165) is 0 Å². The van der Waals surface area contributed by atoms with Crippen LogP contribution < -0.4 is 14.8 Å². The zero-order chi connectivity index (χ0) is 22.0. The van der Waals surface area contributed by atoms with E-state index in [1.165, 1.54) is 43.3 Å². The molecule has 0 aliphatic heterocycles. The van der Waals surface area contributed by atoms with E-state index in [2.05, 4.69) is 20.2 Å². The van der Waals surface area contributed by atoms with Crippen LogP contribution in [0.3, 0.4) is 0 Å². The van der Waals surface area contributed by atoms with Crippen LogP contribution in [0.5, 0.6) is 5.88 Å². The van der Waals surface area contributed by atoms with Gasteiger partial charge in [-0.1, -0.05) is 5.16 Å². The van der Waals surface area contributed by atoms with E-state index in [0.29, 0.717) is 40.9 Å². The molecule has 1 aromatic carbocycles. The molecule has 1 aliphatic carbocycles. The summed E-state index contributed by atoms with van der Waals surface area (Å²) in [6.45, 7) is 4.04. The Kier molecular flexibility index (Phi) is 5.64. The number of aromatic nitrogens is 2. The minimum Gasteiger partial charge on any atom is -0.477 e. The van der Waals surface area contributed by atoms with Gasteiger partial charge in [-0.15, -0.1) is 0 Å². The lowest BCUT2D eigenvalue weighted by molar-refractivity contribution is 0.102. The molecule has 9 nitrogen and oxygen atoms in total. The zero-order valence-electron chi connectivity index (χ0n) is 17.1. The second-order valence-electron chi connectivity index (χ2n) is 7.44. The molecule has 31 heavy (non-hydrogen) atoms. The Bertz CT molecular complexity index is 1200. The van der Waals surface area contributed by atoms with E-state index < -0.39 is 10.0 Å². The Morgan fingerprint density at radius 2 is 1.94 bits per heavy atom. The van der Waals surface area contributed by atoms with Crippen LogP contribution in [0.4, 0.5) is 11.6 Å². The molecule has 0 bridgehead atoms. The molecule has 2 N–H and O–H groups in total. The monoisotopic (exact) mass is 442 g/mol. The van der Waals surface area contributed by atoms with Gasteiger partial charge in [-0.2, -0.15) is 0 Å². The minimum atomic E-state index is -3.86. The standard InChI is InChI=1S/C21H22N4O5S/c1-13-14(2)24-30-21(13)25-31(27,28)18-7-5-17(6-8-18)23-20(26)16-9-10-22-19(11-16)29-12-15-3-4-15/h5-11,15,25H,3-4,12H2,1-2H3,(H,23,26). The molecule has 162 valence electrons. The minimum absolute atomic E-state index is 0.0265. The summed E-state index contributed by atoms with van der Waals surface area (Å²) in [7, 11) is -3.86. The van der Waals surface area contributed by atoms with Gasteiger partial charge < -0.3 is 14.6 Å². The number of carbonyl (C=O) groups excluding carboxylic acids is 1. The van der Waals surface area contributed by atoms with Gasteiger partial charge in [0.15, 0.2) is 0 Å². The van der Waals surface area contributed by atoms with Gasteiger partial charge in [0.05, 0.1) is 17.2 Å². The number of hydrogen-bond donors (Lipinski definition) is 2. The maximum Gasteiger partial charge on any atom is 0.264 e. The van der Waals surface area contributed by atoms with E-state index in [4.69, 9.17) is 9.26 Å². The van der Waals surface area contributed by atoms with Crippen LogP contribution in [-0.4, -0.2) is 31.1 Å². The average molecular weight is 442 g/mol. The maximum atomic E-state index is 12.6. The molecular weight excluding hydrogens is 420 g/mol. The second kappa shape index (κ2) is 8.38. The molecular formula is C21H22N4O5S. The first-order valence-corrected chi connectivity index (χ1v) is 11.3. The Hall–Kier alpha value is -3.40. The first kappa shape index (κ1) is 20.9. The van der Waals surface area contributed by atoms with E-state index >= 15 is 0 Å². The van der Waals surface area contributed by atoms with Crippen molar-refractivity contribution in [3.8, 4) is 5.88 Å². The number of anilines is 2. The summed E-state index contributed by atoms with van der Waals surface area (Å²) in [6.07, 6.45) is 3.85. The highest BCUT2D eigenvalue weighted by Crippen LogP contribution is 2.29. The average Bonchev–Trinajstić information content (AvgIpc) is 3.54. The quantitative estimate of drug-likeness (QED) is 0.547. The van der Waals surface area contributed by atoms with Gasteiger partial charge in [-0.25, -0.2) is 18.1 Å². The highest BCUT2D eigenvalue weighted by molar-refractivity contribution is 7.92. The number of sulfonamides is 1. The van der Waals surface area contributed by atoms with Gasteiger partial charge in [-0.05, 0) is 62.9 Å². The lowest BCUT2D eigenvalue weighted by Gasteiger charge is -2.09. The van der Waals surface area contributed by atoms with Gasteiger partial charge in [0.25, 0.3) is 15.9 Å². The fourth-order valence-corrected chi connectivity index (χ4v) is 3.78. The predicted molar refractivity (Wildman–Crippen MR) is 114 cm³/mol. The van der Waals surface area contributed by atoms with Gasteiger partial charge in [0.1, 0.15) is 0 Å². The molecule has 0 spiro atoms. The molecule has 0 saturated heterocycles. The molecule has 0 atom stereocenters. The molecule has 1 saturated carbocycles. The maximum absolute atomic E-state index is 12.6. The Labute approximate surface area is 179 Å². The summed E-state index contributed by atoms with van der Waals surface area (Å²) in [4.78, 5) is 16.7. The Morgan fingerprint density at radius 1 is 1.19 bits per heavy atom. The first-order valence-electron chi connectivity index (χ1n) is 9.78. The van der Waals surface area contributed by atoms with Crippen LogP contribution in [0.1, 0.15) is 34.5 Å². The van der Waals surface area contributed by atoms with Crippen molar-refractivity contribution in [3.05, 3.63) is 59.4 Å². The summed E-state index contributed by atoms with van der Waals surface area (Å²) in [5.74, 6) is 0.720. The van der Waals surface area contributed by atoms with E-state index in [1.54, 1.807) is 26.0 Å². The number of aryl methyl sites for hydroxylation is 1. The number of nitrogens with one attached hydrogen (secondary N) is 2. The van der Waals surface area contributed by atoms with Crippen molar-refractivity contribution < 1.29 is 22.5 Å². The van der Waals surface area contributed by atoms with Gasteiger partial charge in [-0.3, -0.25) is 4.79 Å². The molecule has 2 heterocycles. The fourth-order valence-electron chi connectivity index (χ4n) is 2.73. The molecule has 1 amide bonds. The summed E-state index contributed by atoms with van der Waals surface area (Å²) < 4.78 is 38.1. The van der Waals surface area contributed by atoms with Crippen molar-refractivity contribution in [2.45, 2.75) is 31.6 Å². The first-order chi connectivity index (χ1) is 14.8. The third-order valence-corrected chi connectivity index (χ3v) is 6.31. The van der Waals surface area contributed by atoms with Gasteiger partial charge >= 0.3 is 0 Å². The molecule has 1 fully saturated rings. The number of rotatable bonds is 8. The number of ether oxygens (including phenoxy) is 1. The summed E-state index contributed by atoms with van der Waals surface area (Å²) in [6, 6.07) is 8.99. The van der Waals surface area contributed by atoms with Crippen molar-refractivity contribution in [1.29, 1.82) is 0 Å². The van der Waals surface area contributed by atoms with Crippen LogP contribution >= 0.6 is 0 Å². The Balaban J connectivity index is 1.41. The van der Waals surface area contributed by atoms with Crippen LogP contribution in [0.25, 0.3) is 0 Å². The van der Waals surface area contributed by atoms with Crippen molar-refractivity contribution in [3.63, 3.8) is 0 Å². The normalized spacial score (nSPS) is 13.6. The largest absolute Gasteiger partial charge is 0.477 e. The lowest BCUT2D eigenvalue weighted by atomic mass is 10.2. The number of nitrogens with zero attached hydrogens (tertiary/aromatic N) is 2. The van der Waals surface area contributed by atoms with E-state index in [1.807, 2.05) is 0 Å². The van der Waals surface area contributed by atoms with Gasteiger partial charge in [0, 0.05) is 29.1 Å². The van der Waals surface area contributed by atoms with Crippen molar-refractivity contribution >= 4 is 27.5 Å². The highest BCUT2D eigenvalue weighted by Gasteiger charge is 2.22. The molecule has 1 aliphatic rings. The molecule has 0 radical (unpaired) electrons. The summed E-state index contributed by atoms with van der Waals surface area (Å²) in [5.41, 5.74) is 2.07. The predicted octanol–water partition coefficient (Wildman–Crippen LogP) is 3.53. The molecule has 3 aromatic rings. The van der Waals surface area contributed by atoms with Crippen LogP contribution in [0.2, 0.25) is 0 Å². The number of pyridine rings is 1. The molecule has 0 unspecified atom stereocenters. The van der Waals surface area contributed by atoms with E-state index in [9.17, 15) is 13.2 Å². The van der Waals surface area contributed by atoms with Gasteiger partial charge in [0.2, 0.25) is 11.8 Å². The zero-order valence-corrected chi connectivity index (χ0v) is 17.9. The number of carbonyl (C=O) groups is 1. The SMILES string of the molecule is Cc1noc(NS(=O)(=O)c2ccc(NC(=O)c3ccnc(OCC4CC4)c3)cc2)c1C. The van der Waals surface area contributed by atoms with E-state index in [-0.39, 0.29) is 16.7 Å². The number of hydrogen-bond acceptors (Lipinski definition) is 7. The van der Waals surface area contributed by atoms with Crippen molar-refractivity contribution in [2.75, 3.05) is 16.6 Å². The topological polar surface area (TPSA) is 123 Å². The van der Waals surface area contributed by atoms with Crippen molar-refractivity contribution in [1.82, 2.24) is 10.1 Å².